The lowest BCUT2D eigenvalue weighted by Gasteiger charge is -2.35. The van der Waals surface area contributed by atoms with E-state index in [-0.39, 0.29) is 5.60 Å². The van der Waals surface area contributed by atoms with E-state index in [9.17, 15) is 4.79 Å². The van der Waals surface area contributed by atoms with Crippen LogP contribution >= 0.6 is 0 Å². The number of carbonyl (C=O) groups excluding carboxylic acids is 1. The molecule has 0 atom stereocenters. The molecular formula is C7H12O2. The molecular weight excluding hydrogens is 116 g/mol. The molecule has 0 radical (unpaired) electrons. The SMILES string of the molecule is CCOC1(C=O)CCC1. The number of aldehydes is 1. The third-order valence-corrected chi connectivity index (χ3v) is 1.85. The highest BCUT2D eigenvalue weighted by Gasteiger charge is 2.37. The highest BCUT2D eigenvalue weighted by Crippen LogP contribution is 2.33. The number of rotatable bonds is 3. The van der Waals surface area contributed by atoms with E-state index in [1.54, 1.807) is 0 Å². The van der Waals surface area contributed by atoms with Gasteiger partial charge in [-0.3, -0.25) is 0 Å². The Morgan fingerprint density at radius 1 is 1.67 bits per heavy atom. The van der Waals surface area contributed by atoms with E-state index < -0.39 is 0 Å². The van der Waals surface area contributed by atoms with Crippen LogP contribution in [0.1, 0.15) is 26.2 Å². The first kappa shape index (κ1) is 6.75. The first-order valence-corrected chi connectivity index (χ1v) is 3.43. The fourth-order valence-corrected chi connectivity index (χ4v) is 1.11. The van der Waals surface area contributed by atoms with E-state index in [4.69, 9.17) is 4.74 Å². The number of hydrogen-bond acceptors (Lipinski definition) is 2. The maximum absolute atomic E-state index is 10.4. The Hall–Kier alpha value is -0.370. The van der Waals surface area contributed by atoms with Crippen molar-refractivity contribution >= 4 is 6.29 Å². The summed E-state index contributed by atoms with van der Waals surface area (Å²) in [7, 11) is 0. The van der Waals surface area contributed by atoms with Gasteiger partial charge in [-0.15, -0.1) is 0 Å². The summed E-state index contributed by atoms with van der Waals surface area (Å²) in [5.74, 6) is 0. The quantitative estimate of drug-likeness (QED) is 0.533. The Morgan fingerprint density at radius 3 is 2.44 bits per heavy atom. The monoisotopic (exact) mass is 128 g/mol. The van der Waals surface area contributed by atoms with Crippen LogP contribution in [0.2, 0.25) is 0 Å². The zero-order valence-electron chi connectivity index (χ0n) is 5.72. The van der Waals surface area contributed by atoms with Crippen molar-refractivity contribution in [3.63, 3.8) is 0 Å². The van der Waals surface area contributed by atoms with Gasteiger partial charge in [0.25, 0.3) is 0 Å². The van der Waals surface area contributed by atoms with E-state index in [0.29, 0.717) is 6.61 Å². The van der Waals surface area contributed by atoms with E-state index >= 15 is 0 Å². The van der Waals surface area contributed by atoms with Gasteiger partial charge in [-0.05, 0) is 26.2 Å². The van der Waals surface area contributed by atoms with Crippen molar-refractivity contribution in [1.29, 1.82) is 0 Å². The van der Waals surface area contributed by atoms with Crippen molar-refractivity contribution in [3.8, 4) is 0 Å². The Bertz CT molecular complexity index is 105. The first-order chi connectivity index (χ1) is 4.33. The summed E-state index contributed by atoms with van der Waals surface area (Å²) < 4.78 is 5.25. The predicted octanol–water partition coefficient (Wildman–Crippen LogP) is 1.14. The molecule has 2 nitrogen and oxygen atoms in total. The minimum absolute atomic E-state index is 0.366. The highest BCUT2D eigenvalue weighted by atomic mass is 16.5. The van der Waals surface area contributed by atoms with E-state index in [2.05, 4.69) is 0 Å². The molecule has 0 aromatic carbocycles. The molecule has 0 bridgehead atoms. The summed E-state index contributed by atoms with van der Waals surface area (Å²) in [5, 5.41) is 0. The smallest absolute Gasteiger partial charge is 0.151 e. The van der Waals surface area contributed by atoms with Gasteiger partial charge in [-0.2, -0.15) is 0 Å². The van der Waals surface area contributed by atoms with Crippen LogP contribution in [0, 0.1) is 0 Å². The molecule has 2 heteroatoms. The molecule has 0 saturated heterocycles. The Kier molecular flexibility index (Phi) is 1.86. The van der Waals surface area contributed by atoms with E-state index in [1.165, 1.54) is 0 Å². The van der Waals surface area contributed by atoms with Gasteiger partial charge in [-0.1, -0.05) is 0 Å². The fraction of sp³-hybridized carbons (Fsp3) is 0.857. The van der Waals surface area contributed by atoms with Crippen molar-refractivity contribution in [2.75, 3.05) is 6.61 Å². The topological polar surface area (TPSA) is 26.3 Å². The van der Waals surface area contributed by atoms with Gasteiger partial charge < -0.3 is 9.53 Å². The lowest BCUT2D eigenvalue weighted by molar-refractivity contribution is -0.142. The standard InChI is InChI=1S/C7H12O2/c1-2-9-7(6-8)4-3-5-7/h6H,2-5H2,1H3. The molecule has 0 amide bonds. The zero-order chi connectivity index (χ0) is 6.74. The van der Waals surface area contributed by atoms with Gasteiger partial charge in [-0.25, -0.2) is 0 Å². The third kappa shape index (κ3) is 1.13. The molecule has 1 fully saturated rings. The van der Waals surface area contributed by atoms with Crippen LogP contribution in [0.25, 0.3) is 0 Å². The second-order valence-electron chi connectivity index (χ2n) is 2.47. The van der Waals surface area contributed by atoms with E-state index in [0.717, 1.165) is 25.5 Å². The molecule has 0 aromatic heterocycles. The maximum atomic E-state index is 10.4. The van der Waals surface area contributed by atoms with Gasteiger partial charge in [0.15, 0.2) is 6.29 Å². The first-order valence-electron chi connectivity index (χ1n) is 3.43. The molecule has 1 aliphatic rings. The van der Waals surface area contributed by atoms with Crippen LogP contribution in [0.4, 0.5) is 0 Å². The number of carbonyl (C=O) groups is 1. The average Bonchev–Trinajstić information content (AvgIpc) is 1.79. The van der Waals surface area contributed by atoms with Gasteiger partial charge in [0.05, 0.1) is 0 Å². The lowest BCUT2D eigenvalue weighted by atomic mass is 9.81. The van der Waals surface area contributed by atoms with Crippen molar-refractivity contribution in [1.82, 2.24) is 0 Å². The number of hydrogen-bond donors (Lipinski definition) is 0. The molecule has 9 heavy (non-hydrogen) atoms. The molecule has 0 aliphatic heterocycles. The molecule has 0 unspecified atom stereocenters. The predicted molar refractivity (Wildman–Crippen MR) is 34.3 cm³/mol. The van der Waals surface area contributed by atoms with Gasteiger partial charge in [0.1, 0.15) is 5.60 Å². The lowest BCUT2D eigenvalue weighted by Crippen LogP contribution is -2.41. The summed E-state index contributed by atoms with van der Waals surface area (Å²) in [5.41, 5.74) is -0.366. The normalized spacial score (nSPS) is 22.8. The molecule has 0 aromatic rings. The molecule has 1 rings (SSSR count). The van der Waals surface area contributed by atoms with Crippen LogP contribution in [-0.4, -0.2) is 18.5 Å². The largest absolute Gasteiger partial charge is 0.368 e. The van der Waals surface area contributed by atoms with Crippen molar-refractivity contribution in [3.05, 3.63) is 0 Å². The molecule has 52 valence electrons. The summed E-state index contributed by atoms with van der Waals surface area (Å²) >= 11 is 0. The molecule has 1 aliphatic carbocycles. The second-order valence-corrected chi connectivity index (χ2v) is 2.47. The van der Waals surface area contributed by atoms with Crippen LogP contribution < -0.4 is 0 Å². The van der Waals surface area contributed by atoms with Crippen molar-refractivity contribution < 1.29 is 9.53 Å². The summed E-state index contributed by atoms with van der Waals surface area (Å²) in [6.07, 6.45) is 3.92. The minimum atomic E-state index is -0.366. The molecule has 0 N–H and O–H groups in total. The van der Waals surface area contributed by atoms with Crippen molar-refractivity contribution in [2.24, 2.45) is 0 Å². The van der Waals surface area contributed by atoms with Crippen LogP contribution in [-0.2, 0) is 9.53 Å². The molecule has 0 heterocycles. The Morgan fingerprint density at radius 2 is 2.33 bits per heavy atom. The van der Waals surface area contributed by atoms with Gasteiger partial charge >= 0.3 is 0 Å². The average molecular weight is 128 g/mol. The summed E-state index contributed by atoms with van der Waals surface area (Å²) in [6.45, 7) is 2.57. The van der Waals surface area contributed by atoms with Crippen molar-refractivity contribution in [2.45, 2.75) is 31.8 Å². The summed E-state index contributed by atoms with van der Waals surface area (Å²) in [4.78, 5) is 10.4. The third-order valence-electron chi connectivity index (χ3n) is 1.85. The fourth-order valence-electron chi connectivity index (χ4n) is 1.11. The second kappa shape index (κ2) is 2.48. The Balaban J connectivity index is 2.37. The van der Waals surface area contributed by atoms with E-state index in [1.807, 2.05) is 6.92 Å². The molecule has 1 saturated carbocycles. The number of ether oxygens (including phenoxy) is 1. The summed E-state index contributed by atoms with van der Waals surface area (Å²) in [6, 6.07) is 0. The van der Waals surface area contributed by atoms with Crippen LogP contribution in [0.3, 0.4) is 0 Å². The van der Waals surface area contributed by atoms with Crippen LogP contribution in [0.15, 0.2) is 0 Å². The minimum Gasteiger partial charge on any atom is -0.368 e. The molecule has 0 spiro atoms. The highest BCUT2D eigenvalue weighted by molar-refractivity contribution is 5.64. The van der Waals surface area contributed by atoms with Gasteiger partial charge in [0.2, 0.25) is 0 Å². The van der Waals surface area contributed by atoms with Gasteiger partial charge in [0, 0.05) is 6.61 Å². The Labute approximate surface area is 55.2 Å². The maximum Gasteiger partial charge on any atom is 0.151 e. The zero-order valence-corrected chi connectivity index (χ0v) is 5.72. The van der Waals surface area contributed by atoms with Crippen LogP contribution in [0.5, 0.6) is 0 Å².